The Morgan fingerprint density at radius 2 is 1.74 bits per heavy atom. The number of carboxylic acids is 1. The normalized spacial score (nSPS) is 11.9. The van der Waals surface area contributed by atoms with Crippen molar-refractivity contribution in [3.8, 4) is 11.5 Å². The highest BCUT2D eigenvalue weighted by molar-refractivity contribution is 7.84. The van der Waals surface area contributed by atoms with Crippen molar-refractivity contribution in [3.63, 3.8) is 0 Å². The molecule has 7 nitrogen and oxygen atoms in total. The highest BCUT2D eigenvalue weighted by Crippen LogP contribution is 2.22. The number of methoxy groups -OCH3 is 1. The highest BCUT2D eigenvalue weighted by atomic mass is 32.2. The largest absolute Gasteiger partial charge is 0.545 e. The number of rotatable bonds is 16. The molecular weight excluding hydrogens is 500 g/mol. The maximum absolute atomic E-state index is 12.7. The number of carboxylic acid groups (broad SMARTS) is 1. The molecule has 0 saturated heterocycles. The fourth-order valence-corrected chi connectivity index (χ4v) is 5.05. The fourth-order valence-electron chi connectivity index (χ4n) is 3.96. The summed E-state index contributed by atoms with van der Waals surface area (Å²) in [6, 6.07) is 18.6. The van der Waals surface area contributed by atoms with Gasteiger partial charge in [-0.05, 0) is 79.4 Å². The third kappa shape index (κ3) is 10.0. The number of nitrogens with two attached hydrogens (primary N) is 1. The Hall–Kier alpha value is -3.65. The van der Waals surface area contributed by atoms with Crippen LogP contribution in [0, 0.1) is 0 Å². The van der Waals surface area contributed by atoms with Crippen LogP contribution in [0.3, 0.4) is 0 Å². The van der Waals surface area contributed by atoms with E-state index in [-0.39, 0.29) is 5.75 Å². The van der Waals surface area contributed by atoms with E-state index >= 15 is 0 Å². The van der Waals surface area contributed by atoms with Crippen molar-refractivity contribution in [1.29, 1.82) is 0 Å². The third-order valence-electron chi connectivity index (χ3n) is 6.00. The van der Waals surface area contributed by atoms with Gasteiger partial charge in [-0.2, -0.15) is 0 Å². The van der Waals surface area contributed by atoms with E-state index in [4.69, 9.17) is 15.2 Å². The Labute approximate surface area is 227 Å². The van der Waals surface area contributed by atoms with Gasteiger partial charge in [0.25, 0.3) is 0 Å². The van der Waals surface area contributed by atoms with E-state index in [2.05, 4.69) is 17.1 Å². The monoisotopic (exact) mass is 535 g/mol. The molecule has 0 radical (unpaired) electrons. The van der Waals surface area contributed by atoms with Gasteiger partial charge in [-0.25, -0.2) is 4.98 Å². The molecular formula is C30H35N2O5S-. The van der Waals surface area contributed by atoms with Gasteiger partial charge in [0.2, 0.25) is 0 Å². The maximum atomic E-state index is 12.7. The zero-order chi connectivity index (χ0) is 27.2. The first-order valence-electron chi connectivity index (χ1n) is 12.8. The van der Waals surface area contributed by atoms with Gasteiger partial charge in [-0.15, -0.1) is 0 Å². The number of aryl methyl sites for hydroxylation is 1. The second-order valence-corrected chi connectivity index (χ2v) is 10.4. The zero-order valence-electron chi connectivity index (χ0n) is 21.8. The van der Waals surface area contributed by atoms with E-state index in [9.17, 15) is 14.1 Å². The van der Waals surface area contributed by atoms with Gasteiger partial charge in [0.05, 0.1) is 41.9 Å². The molecule has 1 atom stereocenters. The minimum atomic E-state index is -1.34. The van der Waals surface area contributed by atoms with E-state index in [0.29, 0.717) is 34.3 Å². The molecule has 202 valence electrons. The minimum Gasteiger partial charge on any atom is -0.545 e. The molecule has 1 unspecified atom stereocenters. The van der Waals surface area contributed by atoms with Crippen molar-refractivity contribution >= 4 is 28.5 Å². The topological polar surface area (TPSA) is 115 Å². The van der Waals surface area contributed by atoms with E-state index in [0.717, 1.165) is 43.9 Å². The molecule has 2 aromatic carbocycles. The fraction of sp³-hybridized carbons (Fsp3) is 0.333. The van der Waals surface area contributed by atoms with Crippen LogP contribution in [0.25, 0.3) is 6.08 Å². The molecule has 2 N–H and O–H groups in total. The van der Waals surface area contributed by atoms with E-state index in [1.807, 2.05) is 12.1 Å². The molecule has 0 bridgehead atoms. The van der Waals surface area contributed by atoms with Crippen LogP contribution < -0.4 is 20.3 Å². The lowest BCUT2D eigenvalue weighted by Gasteiger charge is -2.11. The van der Waals surface area contributed by atoms with Gasteiger partial charge in [0.1, 0.15) is 17.2 Å². The lowest BCUT2D eigenvalue weighted by molar-refractivity contribution is -0.297. The smallest absolute Gasteiger partial charge is 0.144 e. The molecule has 1 heterocycles. The third-order valence-corrected chi connectivity index (χ3v) is 7.33. The number of carbonyl (C=O) groups excluding carboxylic acids is 1. The average molecular weight is 536 g/mol. The molecule has 38 heavy (non-hydrogen) atoms. The number of ether oxygens (including phenoxy) is 2. The number of hydrogen-bond acceptors (Lipinski definition) is 7. The van der Waals surface area contributed by atoms with Gasteiger partial charge < -0.3 is 25.1 Å². The number of nitrogen functional groups attached to an aromatic ring is 1. The summed E-state index contributed by atoms with van der Waals surface area (Å²) < 4.78 is 23.8. The molecule has 0 aliphatic carbocycles. The predicted octanol–water partition coefficient (Wildman–Crippen LogP) is 4.71. The van der Waals surface area contributed by atoms with Crippen LogP contribution in [-0.4, -0.2) is 28.9 Å². The Morgan fingerprint density at radius 1 is 1.00 bits per heavy atom. The molecule has 0 fully saturated rings. The van der Waals surface area contributed by atoms with Gasteiger partial charge in [-0.1, -0.05) is 43.9 Å². The number of hydrogen-bond donors (Lipinski definition) is 1. The van der Waals surface area contributed by atoms with E-state index in [1.54, 1.807) is 43.5 Å². The van der Waals surface area contributed by atoms with Crippen LogP contribution >= 0.6 is 0 Å². The summed E-state index contributed by atoms with van der Waals surface area (Å²) in [6.45, 7) is 0.508. The standard InChI is InChI=1S/C30H36N2O5S/c1-36-26-15-12-23(13-16-26)9-6-4-2-3-5-7-20-37-29-18-14-25(32-28(29)17-19-30(33)34)22-38(35)27-11-8-10-24(31)21-27/h8,10-19,21H,2-7,9,20,22,31H2,1H3,(H,33,34)/p-1. The van der Waals surface area contributed by atoms with Crippen molar-refractivity contribution in [2.24, 2.45) is 0 Å². The SMILES string of the molecule is COc1ccc(CCCCCCCCOc2ccc(CS(=O)c3cccc(N)c3)nc2C=CC(=O)[O-])cc1. The van der Waals surface area contributed by atoms with Crippen LogP contribution in [-0.2, 0) is 27.8 Å². The summed E-state index contributed by atoms with van der Waals surface area (Å²) in [5.74, 6) is 0.225. The lowest BCUT2D eigenvalue weighted by Crippen LogP contribution is -2.18. The molecule has 0 amide bonds. The van der Waals surface area contributed by atoms with Gasteiger partial charge in [0, 0.05) is 10.6 Å². The van der Waals surface area contributed by atoms with Crippen LogP contribution in [0.2, 0.25) is 0 Å². The average Bonchev–Trinajstić information content (AvgIpc) is 2.92. The highest BCUT2D eigenvalue weighted by Gasteiger charge is 2.10. The Balaban J connectivity index is 1.42. The van der Waals surface area contributed by atoms with Gasteiger partial charge in [0.15, 0.2) is 0 Å². The first-order chi connectivity index (χ1) is 18.4. The summed E-state index contributed by atoms with van der Waals surface area (Å²) >= 11 is 0. The first-order valence-corrected chi connectivity index (χ1v) is 14.1. The van der Waals surface area contributed by atoms with Gasteiger partial charge in [-0.3, -0.25) is 4.21 Å². The molecule has 3 aromatic rings. The number of benzene rings is 2. The van der Waals surface area contributed by atoms with Crippen LogP contribution in [0.15, 0.2) is 71.6 Å². The predicted molar refractivity (Wildman–Crippen MR) is 149 cm³/mol. The number of aromatic nitrogens is 1. The number of unbranched alkanes of at least 4 members (excludes halogenated alkanes) is 5. The second-order valence-electron chi connectivity index (χ2n) is 8.97. The Bertz CT molecular complexity index is 1230. The zero-order valence-corrected chi connectivity index (χ0v) is 22.6. The summed E-state index contributed by atoms with van der Waals surface area (Å²) in [4.78, 5) is 16.0. The summed E-state index contributed by atoms with van der Waals surface area (Å²) in [5, 5.41) is 10.9. The maximum Gasteiger partial charge on any atom is 0.144 e. The van der Waals surface area contributed by atoms with Crippen molar-refractivity contribution in [1.82, 2.24) is 4.98 Å². The van der Waals surface area contributed by atoms with Crippen LogP contribution in [0.5, 0.6) is 11.5 Å². The number of nitrogens with zero attached hydrogens (tertiary/aromatic N) is 1. The minimum absolute atomic E-state index is 0.175. The molecule has 0 saturated carbocycles. The van der Waals surface area contributed by atoms with E-state index < -0.39 is 16.8 Å². The van der Waals surface area contributed by atoms with Crippen molar-refractivity contribution in [2.45, 2.75) is 55.6 Å². The summed E-state index contributed by atoms with van der Waals surface area (Å²) in [5.41, 5.74) is 8.59. The molecule has 0 aliphatic rings. The van der Waals surface area contributed by atoms with Crippen molar-refractivity contribution in [2.75, 3.05) is 19.5 Å². The number of anilines is 1. The van der Waals surface area contributed by atoms with Gasteiger partial charge >= 0.3 is 0 Å². The summed E-state index contributed by atoms with van der Waals surface area (Å²) in [7, 11) is 0.338. The number of aliphatic carboxylic acids is 1. The number of pyridine rings is 1. The first kappa shape index (κ1) is 28.9. The van der Waals surface area contributed by atoms with Crippen LogP contribution in [0.1, 0.15) is 55.5 Å². The quantitative estimate of drug-likeness (QED) is 0.161. The molecule has 8 heteroatoms. The lowest BCUT2D eigenvalue weighted by atomic mass is 10.0. The van der Waals surface area contributed by atoms with Crippen LogP contribution in [0.4, 0.5) is 5.69 Å². The number of carbonyl (C=O) groups is 1. The second kappa shape index (κ2) is 15.6. The molecule has 3 rings (SSSR count). The van der Waals surface area contributed by atoms with Crippen molar-refractivity contribution in [3.05, 3.63) is 83.7 Å². The summed E-state index contributed by atoms with van der Waals surface area (Å²) in [6.07, 6.45) is 9.95. The molecule has 1 aromatic heterocycles. The molecule has 0 spiro atoms. The van der Waals surface area contributed by atoms with Crippen molar-refractivity contribution < 1.29 is 23.6 Å². The Kier molecular flexibility index (Phi) is 11.8. The molecule has 0 aliphatic heterocycles. The Morgan fingerprint density at radius 3 is 2.45 bits per heavy atom. The van der Waals surface area contributed by atoms with E-state index in [1.165, 1.54) is 24.5 Å².